The lowest BCUT2D eigenvalue weighted by Gasteiger charge is -2.12. The highest BCUT2D eigenvalue weighted by atomic mass is 19.1. The molecule has 1 saturated carbocycles. The lowest BCUT2D eigenvalue weighted by atomic mass is 9.97. The standard InChI is InChI=1S/C35H38FN5/c1-5-11-30(27-14-10-15-29(36)17-27)31-19-33(39-23(31)4)34-32-18-28(22-38-35(32)41-40-34)26(7-3)16-24(6-2)20-37-21-25-12-8-9-13-25/h5-7,10-11,14-19,22,25,37,39H,1-2,8-9,12-13,20-21H2,3-4H3,(H,38,40,41)/b24-16+,26-7+,30-11-. The van der Waals surface area contributed by atoms with Gasteiger partial charge >= 0.3 is 0 Å². The Kier molecular flexibility index (Phi) is 8.90. The average Bonchev–Trinajstić information content (AvgIpc) is 3.73. The Morgan fingerprint density at radius 3 is 2.71 bits per heavy atom. The van der Waals surface area contributed by atoms with Crippen molar-refractivity contribution in [2.75, 3.05) is 13.1 Å². The number of benzene rings is 1. The number of H-pyrrole nitrogens is 2. The zero-order chi connectivity index (χ0) is 28.8. The molecule has 1 fully saturated rings. The van der Waals surface area contributed by atoms with Gasteiger partial charge in [-0.05, 0) is 85.7 Å². The van der Waals surface area contributed by atoms with E-state index >= 15 is 0 Å². The molecule has 0 bridgehead atoms. The number of pyridine rings is 1. The van der Waals surface area contributed by atoms with Crippen LogP contribution in [0.1, 0.15) is 55.0 Å². The number of nitrogens with one attached hydrogen (secondary N) is 3. The largest absolute Gasteiger partial charge is 0.357 e. The van der Waals surface area contributed by atoms with Gasteiger partial charge in [-0.25, -0.2) is 9.37 Å². The van der Waals surface area contributed by atoms with E-state index < -0.39 is 0 Å². The van der Waals surface area contributed by atoms with Gasteiger partial charge in [0.25, 0.3) is 0 Å². The number of aromatic nitrogens is 4. The molecule has 5 rings (SSSR count). The van der Waals surface area contributed by atoms with E-state index in [1.54, 1.807) is 12.1 Å². The lowest BCUT2D eigenvalue weighted by molar-refractivity contribution is 0.503. The van der Waals surface area contributed by atoms with Crippen molar-refractivity contribution in [1.82, 2.24) is 25.5 Å². The Bertz CT molecular complexity index is 1640. The van der Waals surface area contributed by atoms with Gasteiger partial charge < -0.3 is 10.3 Å². The molecular weight excluding hydrogens is 509 g/mol. The van der Waals surface area contributed by atoms with E-state index in [0.717, 1.165) is 74.9 Å². The zero-order valence-electron chi connectivity index (χ0n) is 23.9. The first-order valence-electron chi connectivity index (χ1n) is 14.3. The highest BCUT2D eigenvalue weighted by Gasteiger charge is 2.17. The minimum Gasteiger partial charge on any atom is -0.357 e. The monoisotopic (exact) mass is 547 g/mol. The van der Waals surface area contributed by atoms with Crippen LogP contribution in [-0.2, 0) is 0 Å². The topological polar surface area (TPSA) is 69.4 Å². The Hall–Kier alpha value is -4.29. The number of aromatic amines is 2. The number of hydrogen-bond donors (Lipinski definition) is 3. The summed E-state index contributed by atoms with van der Waals surface area (Å²) < 4.78 is 14.0. The van der Waals surface area contributed by atoms with Crippen LogP contribution in [0.4, 0.5) is 4.39 Å². The van der Waals surface area contributed by atoms with Crippen molar-refractivity contribution in [3.63, 3.8) is 0 Å². The summed E-state index contributed by atoms with van der Waals surface area (Å²) in [6.45, 7) is 13.8. The molecule has 1 aliphatic carbocycles. The van der Waals surface area contributed by atoms with E-state index in [1.165, 1.54) is 37.8 Å². The summed E-state index contributed by atoms with van der Waals surface area (Å²) in [6.07, 6.45) is 17.1. The molecule has 0 saturated heterocycles. The predicted molar refractivity (Wildman–Crippen MR) is 169 cm³/mol. The fourth-order valence-electron chi connectivity index (χ4n) is 5.70. The van der Waals surface area contributed by atoms with Gasteiger partial charge in [-0.2, -0.15) is 5.10 Å². The number of allylic oxidation sites excluding steroid dienone is 5. The summed E-state index contributed by atoms with van der Waals surface area (Å²) in [5, 5.41) is 12.2. The molecule has 4 aromatic rings. The SMILES string of the molecule is C=C/C=C(/c1cccc(F)c1)c1cc(-c2[nH]nc3ncc(C(/C=C(\C=C)CNCC4CCCC4)=C/C)cc23)[nH]c1C. The van der Waals surface area contributed by atoms with Gasteiger partial charge in [-0.15, -0.1) is 0 Å². The molecule has 3 N–H and O–H groups in total. The van der Waals surface area contributed by atoms with Crippen LogP contribution < -0.4 is 5.32 Å². The fourth-order valence-corrected chi connectivity index (χ4v) is 5.70. The first kappa shape index (κ1) is 28.2. The third-order valence-electron chi connectivity index (χ3n) is 7.89. The summed E-state index contributed by atoms with van der Waals surface area (Å²) in [4.78, 5) is 8.16. The highest BCUT2D eigenvalue weighted by Crippen LogP contribution is 2.33. The van der Waals surface area contributed by atoms with E-state index in [1.807, 2.05) is 38.3 Å². The minimum absolute atomic E-state index is 0.276. The molecule has 1 aromatic carbocycles. The summed E-state index contributed by atoms with van der Waals surface area (Å²) in [5.74, 6) is 0.518. The second-order valence-electron chi connectivity index (χ2n) is 10.7. The molecule has 3 heterocycles. The summed E-state index contributed by atoms with van der Waals surface area (Å²) in [5.41, 5.74) is 9.21. The van der Waals surface area contributed by atoms with Crippen molar-refractivity contribution in [3.05, 3.63) is 120 Å². The van der Waals surface area contributed by atoms with Crippen LogP contribution in [0.5, 0.6) is 0 Å². The van der Waals surface area contributed by atoms with Gasteiger partial charge in [0, 0.05) is 34.9 Å². The van der Waals surface area contributed by atoms with Crippen LogP contribution in [-0.4, -0.2) is 33.3 Å². The van der Waals surface area contributed by atoms with Gasteiger partial charge in [-0.1, -0.05) is 68.5 Å². The molecule has 210 valence electrons. The van der Waals surface area contributed by atoms with Gasteiger partial charge in [0.15, 0.2) is 5.65 Å². The van der Waals surface area contributed by atoms with Crippen molar-refractivity contribution in [3.8, 4) is 11.4 Å². The number of halogens is 1. The lowest BCUT2D eigenvalue weighted by Crippen LogP contribution is -2.23. The van der Waals surface area contributed by atoms with Crippen LogP contribution in [0, 0.1) is 18.7 Å². The predicted octanol–water partition coefficient (Wildman–Crippen LogP) is 8.31. The van der Waals surface area contributed by atoms with Crippen molar-refractivity contribution in [2.45, 2.75) is 39.5 Å². The quantitative estimate of drug-likeness (QED) is 0.165. The smallest absolute Gasteiger partial charge is 0.181 e. The van der Waals surface area contributed by atoms with E-state index in [9.17, 15) is 4.39 Å². The molecule has 5 nitrogen and oxygen atoms in total. The molecule has 6 heteroatoms. The number of hydrogen-bond acceptors (Lipinski definition) is 3. The maximum absolute atomic E-state index is 14.0. The summed E-state index contributed by atoms with van der Waals surface area (Å²) in [6, 6.07) is 10.8. The van der Waals surface area contributed by atoms with Crippen molar-refractivity contribution >= 4 is 22.2 Å². The number of nitrogens with zero attached hydrogens (tertiary/aromatic N) is 2. The van der Waals surface area contributed by atoms with Crippen molar-refractivity contribution < 1.29 is 4.39 Å². The molecule has 3 aromatic heterocycles. The average molecular weight is 548 g/mol. The zero-order valence-corrected chi connectivity index (χ0v) is 23.9. The van der Waals surface area contributed by atoms with E-state index in [4.69, 9.17) is 0 Å². The summed E-state index contributed by atoms with van der Waals surface area (Å²) >= 11 is 0. The van der Waals surface area contributed by atoms with Gasteiger partial charge in [0.05, 0.1) is 11.4 Å². The first-order valence-corrected chi connectivity index (χ1v) is 14.3. The molecular formula is C35H38FN5. The van der Waals surface area contributed by atoms with E-state index in [0.29, 0.717) is 5.65 Å². The number of fused-ring (bicyclic) bond motifs is 1. The van der Waals surface area contributed by atoms with E-state index in [-0.39, 0.29) is 5.82 Å². The van der Waals surface area contributed by atoms with Gasteiger partial charge in [0.1, 0.15) is 5.82 Å². The first-order chi connectivity index (χ1) is 20.0. The molecule has 0 amide bonds. The summed E-state index contributed by atoms with van der Waals surface area (Å²) in [7, 11) is 0. The molecule has 0 unspecified atom stereocenters. The third kappa shape index (κ3) is 6.39. The van der Waals surface area contributed by atoms with Crippen molar-refractivity contribution in [1.29, 1.82) is 0 Å². The number of rotatable bonds is 11. The second-order valence-corrected chi connectivity index (χ2v) is 10.7. The van der Waals surface area contributed by atoms with Crippen LogP contribution in [0.25, 0.3) is 33.6 Å². The van der Waals surface area contributed by atoms with Crippen LogP contribution in [0.2, 0.25) is 0 Å². The van der Waals surface area contributed by atoms with Crippen molar-refractivity contribution in [2.24, 2.45) is 5.92 Å². The molecule has 1 aliphatic rings. The third-order valence-corrected chi connectivity index (χ3v) is 7.89. The second kappa shape index (κ2) is 12.9. The fraction of sp³-hybridized carbons (Fsp3) is 0.257. The minimum atomic E-state index is -0.276. The maximum Gasteiger partial charge on any atom is 0.181 e. The highest BCUT2D eigenvalue weighted by molar-refractivity contribution is 5.94. The Morgan fingerprint density at radius 1 is 1.15 bits per heavy atom. The van der Waals surface area contributed by atoms with E-state index in [2.05, 4.69) is 62.9 Å². The van der Waals surface area contributed by atoms with Crippen LogP contribution in [0.3, 0.4) is 0 Å². The Balaban J connectivity index is 1.44. The molecule has 0 radical (unpaired) electrons. The molecule has 0 aliphatic heterocycles. The molecule has 0 atom stereocenters. The Morgan fingerprint density at radius 2 is 1.98 bits per heavy atom. The molecule has 41 heavy (non-hydrogen) atoms. The van der Waals surface area contributed by atoms with Crippen LogP contribution in [0.15, 0.2) is 91.7 Å². The maximum atomic E-state index is 14.0. The van der Waals surface area contributed by atoms with Gasteiger partial charge in [-0.3, -0.25) is 5.10 Å². The normalized spacial score (nSPS) is 15.1. The Labute approximate surface area is 241 Å². The number of aryl methyl sites for hydroxylation is 1. The molecule has 0 spiro atoms. The van der Waals surface area contributed by atoms with Gasteiger partial charge in [0.2, 0.25) is 0 Å². The van der Waals surface area contributed by atoms with Crippen LogP contribution >= 0.6 is 0 Å².